The number of hydrogen-bond donors (Lipinski definition) is 1. The molecule has 2 rings (SSSR count). The zero-order valence-electron chi connectivity index (χ0n) is 15.5. The molecular formula is C21H25NO4. The van der Waals surface area contributed by atoms with E-state index in [2.05, 4.69) is 5.32 Å². The van der Waals surface area contributed by atoms with Crippen molar-refractivity contribution in [3.8, 4) is 17.2 Å². The molecule has 0 aliphatic heterocycles. The number of rotatable bonds is 9. The monoisotopic (exact) mass is 355 g/mol. The summed E-state index contributed by atoms with van der Waals surface area (Å²) in [6.07, 6.45) is 3.98. The highest BCUT2D eigenvalue weighted by molar-refractivity contribution is 5.91. The number of hydrogen-bond acceptors (Lipinski definition) is 4. The van der Waals surface area contributed by atoms with E-state index in [-0.39, 0.29) is 5.91 Å². The number of methoxy groups -OCH3 is 2. The molecule has 0 saturated heterocycles. The molecule has 0 aliphatic carbocycles. The molecule has 0 radical (unpaired) electrons. The van der Waals surface area contributed by atoms with E-state index in [0.717, 1.165) is 23.3 Å². The first-order valence-electron chi connectivity index (χ1n) is 8.50. The molecule has 1 N–H and O–H groups in total. The van der Waals surface area contributed by atoms with Crippen LogP contribution in [0.15, 0.2) is 48.5 Å². The van der Waals surface area contributed by atoms with Crippen molar-refractivity contribution in [1.82, 2.24) is 5.32 Å². The van der Waals surface area contributed by atoms with Crippen LogP contribution in [0, 0.1) is 6.92 Å². The molecule has 0 bridgehead atoms. The summed E-state index contributed by atoms with van der Waals surface area (Å²) in [5.74, 6) is 1.99. The van der Waals surface area contributed by atoms with Gasteiger partial charge < -0.3 is 19.5 Å². The van der Waals surface area contributed by atoms with Crippen LogP contribution in [0.5, 0.6) is 17.2 Å². The minimum absolute atomic E-state index is 0.143. The first-order chi connectivity index (χ1) is 12.6. The summed E-state index contributed by atoms with van der Waals surface area (Å²) in [5, 5.41) is 2.84. The van der Waals surface area contributed by atoms with E-state index in [1.807, 2.05) is 43.3 Å². The molecule has 0 aromatic heterocycles. The largest absolute Gasteiger partial charge is 0.494 e. The topological polar surface area (TPSA) is 56.8 Å². The van der Waals surface area contributed by atoms with Crippen LogP contribution in [0.2, 0.25) is 0 Å². The van der Waals surface area contributed by atoms with Gasteiger partial charge in [-0.15, -0.1) is 0 Å². The van der Waals surface area contributed by atoms with E-state index in [1.165, 1.54) is 6.08 Å². The van der Waals surface area contributed by atoms with Gasteiger partial charge in [-0.25, -0.2) is 0 Å². The van der Waals surface area contributed by atoms with E-state index in [0.29, 0.717) is 24.7 Å². The third-order valence-electron chi connectivity index (χ3n) is 3.71. The molecule has 0 heterocycles. The van der Waals surface area contributed by atoms with Crippen molar-refractivity contribution in [3.63, 3.8) is 0 Å². The molecule has 5 nitrogen and oxygen atoms in total. The molecule has 0 spiro atoms. The van der Waals surface area contributed by atoms with Gasteiger partial charge in [-0.3, -0.25) is 4.79 Å². The summed E-state index contributed by atoms with van der Waals surface area (Å²) in [6.45, 7) is 3.14. The zero-order valence-corrected chi connectivity index (χ0v) is 15.5. The molecule has 0 atom stereocenters. The molecule has 0 saturated carbocycles. The minimum Gasteiger partial charge on any atom is -0.494 e. The predicted octanol–water partition coefficient (Wildman–Crippen LogP) is 3.61. The Morgan fingerprint density at radius 2 is 1.88 bits per heavy atom. The highest BCUT2D eigenvalue weighted by atomic mass is 16.5. The van der Waals surface area contributed by atoms with Crippen molar-refractivity contribution in [1.29, 1.82) is 0 Å². The Morgan fingerprint density at radius 3 is 2.62 bits per heavy atom. The first kappa shape index (κ1) is 19.4. The Bertz CT molecular complexity index is 755. The maximum absolute atomic E-state index is 11.9. The SMILES string of the molecule is COc1ccc(/C=C/C(=O)NCCCOc2cccc(C)c2)cc1OC. The van der Waals surface area contributed by atoms with E-state index in [9.17, 15) is 4.79 Å². The van der Waals surface area contributed by atoms with E-state index >= 15 is 0 Å². The summed E-state index contributed by atoms with van der Waals surface area (Å²) in [5.41, 5.74) is 2.02. The Balaban J connectivity index is 1.72. The van der Waals surface area contributed by atoms with E-state index < -0.39 is 0 Å². The van der Waals surface area contributed by atoms with Crippen molar-refractivity contribution in [2.45, 2.75) is 13.3 Å². The summed E-state index contributed by atoms with van der Waals surface area (Å²) in [7, 11) is 3.17. The van der Waals surface area contributed by atoms with Crippen molar-refractivity contribution in [3.05, 3.63) is 59.7 Å². The summed E-state index contributed by atoms with van der Waals surface area (Å²) < 4.78 is 16.1. The fourth-order valence-corrected chi connectivity index (χ4v) is 2.37. The quantitative estimate of drug-likeness (QED) is 0.551. The van der Waals surface area contributed by atoms with E-state index in [1.54, 1.807) is 26.4 Å². The number of amides is 1. The smallest absolute Gasteiger partial charge is 0.244 e. The molecule has 138 valence electrons. The van der Waals surface area contributed by atoms with Crippen LogP contribution >= 0.6 is 0 Å². The maximum Gasteiger partial charge on any atom is 0.244 e. The van der Waals surface area contributed by atoms with Crippen LogP contribution in [0.4, 0.5) is 0 Å². The zero-order chi connectivity index (χ0) is 18.8. The summed E-state index contributed by atoms with van der Waals surface area (Å²) in [4.78, 5) is 11.9. The van der Waals surface area contributed by atoms with Gasteiger partial charge in [0.2, 0.25) is 5.91 Å². The Labute approximate surface area is 154 Å². The summed E-state index contributed by atoms with van der Waals surface area (Å²) in [6, 6.07) is 13.4. The maximum atomic E-state index is 11.9. The van der Waals surface area contributed by atoms with Crippen molar-refractivity contribution < 1.29 is 19.0 Å². The number of benzene rings is 2. The van der Waals surface area contributed by atoms with Gasteiger partial charge in [0.25, 0.3) is 0 Å². The predicted molar refractivity (Wildman–Crippen MR) is 103 cm³/mol. The molecule has 2 aromatic rings. The van der Waals surface area contributed by atoms with Gasteiger partial charge >= 0.3 is 0 Å². The lowest BCUT2D eigenvalue weighted by Crippen LogP contribution is -2.23. The highest BCUT2D eigenvalue weighted by Crippen LogP contribution is 2.27. The van der Waals surface area contributed by atoms with Crippen molar-refractivity contribution in [2.75, 3.05) is 27.4 Å². The average molecular weight is 355 g/mol. The average Bonchev–Trinajstić information content (AvgIpc) is 2.65. The highest BCUT2D eigenvalue weighted by Gasteiger charge is 2.03. The lowest BCUT2D eigenvalue weighted by molar-refractivity contribution is -0.116. The number of nitrogens with one attached hydrogen (secondary N) is 1. The van der Waals surface area contributed by atoms with Crippen LogP contribution in [0.3, 0.4) is 0 Å². The summed E-state index contributed by atoms with van der Waals surface area (Å²) >= 11 is 0. The van der Waals surface area contributed by atoms with Gasteiger partial charge in [-0.1, -0.05) is 18.2 Å². The van der Waals surface area contributed by atoms with E-state index in [4.69, 9.17) is 14.2 Å². The van der Waals surface area contributed by atoms with Crippen LogP contribution < -0.4 is 19.5 Å². The van der Waals surface area contributed by atoms with Crippen LogP contribution in [-0.2, 0) is 4.79 Å². The Morgan fingerprint density at radius 1 is 1.08 bits per heavy atom. The molecule has 1 amide bonds. The second kappa shape index (κ2) is 10.1. The Hall–Kier alpha value is -2.95. The number of carbonyl (C=O) groups is 1. The second-order valence-corrected chi connectivity index (χ2v) is 5.76. The third kappa shape index (κ3) is 6.16. The molecule has 0 aliphatic rings. The molecule has 2 aromatic carbocycles. The van der Waals surface area contributed by atoms with Gasteiger partial charge in [0.05, 0.1) is 20.8 Å². The Kier molecular flexibility index (Phi) is 7.55. The molecule has 0 unspecified atom stereocenters. The van der Waals surface area contributed by atoms with Crippen LogP contribution in [0.1, 0.15) is 17.5 Å². The van der Waals surface area contributed by atoms with Gasteiger partial charge in [-0.05, 0) is 54.8 Å². The van der Waals surface area contributed by atoms with Gasteiger partial charge in [0.1, 0.15) is 5.75 Å². The van der Waals surface area contributed by atoms with Crippen molar-refractivity contribution in [2.24, 2.45) is 0 Å². The van der Waals surface area contributed by atoms with Gasteiger partial charge in [0.15, 0.2) is 11.5 Å². The number of aryl methyl sites for hydroxylation is 1. The molecular weight excluding hydrogens is 330 g/mol. The third-order valence-corrected chi connectivity index (χ3v) is 3.71. The van der Waals surface area contributed by atoms with Crippen LogP contribution in [0.25, 0.3) is 6.08 Å². The molecule has 26 heavy (non-hydrogen) atoms. The standard InChI is InChI=1S/C21H25NO4/c1-16-6-4-7-18(14-16)26-13-5-12-22-21(23)11-9-17-8-10-19(24-2)20(15-17)25-3/h4,6-11,14-15H,5,12-13H2,1-3H3,(H,22,23)/b11-9+. The lowest BCUT2D eigenvalue weighted by atomic mass is 10.2. The molecule has 5 heteroatoms. The fourth-order valence-electron chi connectivity index (χ4n) is 2.37. The second-order valence-electron chi connectivity index (χ2n) is 5.76. The van der Waals surface area contributed by atoms with Gasteiger partial charge in [0, 0.05) is 12.6 Å². The lowest BCUT2D eigenvalue weighted by Gasteiger charge is -2.08. The van der Waals surface area contributed by atoms with Gasteiger partial charge in [-0.2, -0.15) is 0 Å². The normalized spacial score (nSPS) is 10.6. The van der Waals surface area contributed by atoms with Crippen molar-refractivity contribution >= 4 is 12.0 Å². The number of carbonyl (C=O) groups excluding carboxylic acids is 1. The fraction of sp³-hybridized carbons (Fsp3) is 0.286. The minimum atomic E-state index is -0.143. The first-order valence-corrected chi connectivity index (χ1v) is 8.50. The molecule has 0 fully saturated rings. The number of ether oxygens (including phenoxy) is 3. The van der Waals surface area contributed by atoms with Crippen LogP contribution in [-0.4, -0.2) is 33.3 Å².